The third-order valence-electron chi connectivity index (χ3n) is 4.78. The summed E-state index contributed by atoms with van der Waals surface area (Å²) < 4.78 is 5.57. The number of likely N-dealkylation sites (tertiary alicyclic amines) is 1. The molecule has 3 rings (SSSR count). The van der Waals surface area contributed by atoms with Crippen LogP contribution in [-0.2, 0) is 6.54 Å². The number of rotatable bonds is 3. The average Bonchev–Trinajstić information content (AvgIpc) is 2.52. The van der Waals surface area contributed by atoms with Crippen molar-refractivity contribution in [2.45, 2.75) is 33.2 Å². The maximum atomic E-state index is 12.4. The maximum absolute atomic E-state index is 12.4. The van der Waals surface area contributed by atoms with Crippen molar-refractivity contribution in [3.63, 3.8) is 0 Å². The van der Waals surface area contributed by atoms with Gasteiger partial charge in [0.1, 0.15) is 5.75 Å². The van der Waals surface area contributed by atoms with Gasteiger partial charge in [-0.3, -0.25) is 9.69 Å². The summed E-state index contributed by atoms with van der Waals surface area (Å²) in [5.41, 5.74) is 3.05. The summed E-state index contributed by atoms with van der Waals surface area (Å²) in [5.74, 6) is 1.62. The predicted molar refractivity (Wildman–Crippen MR) is 89.5 cm³/mol. The quantitative estimate of drug-likeness (QED) is 0.947. The van der Waals surface area contributed by atoms with Crippen LogP contribution < -0.4 is 10.2 Å². The summed E-state index contributed by atoms with van der Waals surface area (Å²) in [6, 6.07) is 3.63. The highest BCUT2D eigenvalue weighted by Crippen LogP contribution is 2.30. The highest BCUT2D eigenvalue weighted by Gasteiger charge is 2.20. The highest BCUT2D eigenvalue weighted by molar-refractivity contribution is 5.87. The van der Waals surface area contributed by atoms with Crippen LogP contribution in [-0.4, -0.2) is 30.1 Å². The van der Waals surface area contributed by atoms with Crippen molar-refractivity contribution in [1.29, 1.82) is 0 Å². The Hall–Kier alpha value is -1.81. The number of pyridine rings is 1. The van der Waals surface area contributed by atoms with Crippen LogP contribution in [0, 0.1) is 12.8 Å². The lowest BCUT2D eigenvalue weighted by atomic mass is 9.97. The maximum Gasteiger partial charge on any atom is 0.189 e. The first kappa shape index (κ1) is 15.1. The van der Waals surface area contributed by atoms with E-state index in [-0.39, 0.29) is 5.43 Å². The molecule has 1 aliphatic rings. The number of aromatic amines is 1. The topological polar surface area (TPSA) is 45.3 Å². The van der Waals surface area contributed by atoms with Crippen LogP contribution in [0.15, 0.2) is 23.1 Å². The van der Waals surface area contributed by atoms with Crippen LogP contribution in [0.2, 0.25) is 0 Å². The fraction of sp³-hybridized carbons (Fsp3) is 0.500. The van der Waals surface area contributed by atoms with Gasteiger partial charge in [0.2, 0.25) is 0 Å². The number of aryl methyl sites for hydroxylation is 1. The van der Waals surface area contributed by atoms with Crippen molar-refractivity contribution in [3.8, 4) is 5.75 Å². The van der Waals surface area contributed by atoms with E-state index in [9.17, 15) is 4.79 Å². The summed E-state index contributed by atoms with van der Waals surface area (Å²) in [5, 5.41) is 0.776. The Kier molecular flexibility index (Phi) is 4.21. The summed E-state index contributed by atoms with van der Waals surface area (Å²) >= 11 is 0. The monoisotopic (exact) mass is 300 g/mol. The third-order valence-corrected chi connectivity index (χ3v) is 4.78. The normalized spacial score (nSPS) is 17.0. The minimum Gasteiger partial charge on any atom is -0.496 e. The van der Waals surface area contributed by atoms with Gasteiger partial charge in [0, 0.05) is 24.4 Å². The molecule has 0 saturated carbocycles. The molecule has 1 aliphatic heterocycles. The molecular weight excluding hydrogens is 276 g/mol. The van der Waals surface area contributed by atoms with Gasteiger partial charge in [-0.2, -0.15) is 0 Å². The molecule has 1 aromatic carbocycles. The number of ether oxygens (including phenoxy) is 1. The minimum absolute atomic E-state index is 0.0659. The van der Waals surface area contributed by atoms with Crippen molar-refractivity contribution in [1.82, 2.24) is 9.88 Å². The Morgan fingerprint density at radius 1 is 1.36 bits per heavy atom. The van der Waals surface area contributed by atoms with Crippen LogP contribution in [0.3, 0.4) is 0 Å². The van der Waals surface area contributed by atoms with E-state index in [0.29, 0.717) is 0 Å². The van der Waals surface area contributed by atoms with Gasteiger partial charge in [0.15, 0.2) is 5.43 Å². The number of piperidine rings is 1. The summed E-state index contributed by atoms with van der Waals surface area (Å²) in [4.78, 5) is 18.1. The molecule has 2 heterocycles. The lowest BCUT2D eigenvalue weighted by Gasteiger charge is -2.31. The molecule has 118 valence electrons. The van der Waals surface area contributed by atoms with Gasteiger partial charge in [0.25, 0.3) is 0 Å². The first-order valence-corrected chi connectivity index (χ1v) is 8.00. The second-order valence-electron chi connectivity index (χ2n) is 6.42. The molecule has 4 heteroatoms. The van der Waals surface area contributed by atoms with Crippen molar-refractivity contribution in [2.24, 2.45) is 5.92 Å². The number of nitrogens with one attached hydrogen (secondary N) is 1. The SMILES string of the molecule is COc1cc(C)c2[nH]ccc(=O)c2c1CN1CCC(C)CC1. The number of hydrogen-bond acceptors (Lipinski definition) is 3. The van der Waals surface area contributed by atoms with Crippen LogP contribution in [0.25, 0.3) is 10.9 Å². The van der Waals surface area contributed by atoms with E-state index < -0.39 is 0 Å². The molecule has 1 N–H and O–H groups in total. The number of nitrogens with zero attached hydrogens (tertiary/aromatic N) is 1. The third kappa shape index (κ3) is 2.75. The molecule has 0 aliphatic carbocycles. The zero-order valence-corrected chi connectivity index (χ0v) is 13.6. The number of fused-ring (bicyclic) bond motifs is 1. The molecule has 0 radical (unpaired) electrons. The Morgan fingerprint density at radius 3 is 2.77 bits per heavy atom. The molecule has 0 bridgehead atoms. The second kappa shape index (κ2) is 6.13. The van der Waals surface area contributed by atoms with Gasteiger partial charge < -0.3 is 9.72 Å². The number of hydrogen-bond donors (Lipinski definition) is 1. The smallest absolute Gasteiger partial charge is 0.189 e. The second-order valence-corrected chi connectivity index (χ2v) is 6.42. The average molecular weight is 300 g/mol. The van der Waals surface area contributed by atoms with Crippen molar-refractivity contribution >= 4 is 10.9 Å². The number of aromatic nitrogens is 1. The fourth-order valence-corrected chi connectivity index (χ4v) is 3.35. The first-order chi connectivity index (χ1) is 10.6. The summed E-state index contributed by atoms with van der Waals surface area (Å²) in [7, 11) is 1.68. The van der Waals surface area contributed by atoms with Crippen molar-refractivity contribution in [2.75, 3.05) is 20.2 Å². The Balaban J connectivity index is 2.07. The number of benzene rings is 1. The predicted octanol–water partition coefficient (Wildman–Crippen LogP) is 3.08. The number of methoxy groups -OCH3 is 1. The molecule has 0 unspecified atom stereocenters. The van der Waals surface area contributed by atoms with Crippen LogP contribution in [0.1, 0.15) is 30.9 Å². The van der Waals surface area contributed by atoms with E-state index in [1.54, 1.807) is 19.4 Å². The zero-order valence-electron chi connectivity index (χ0n) is 13.6. The molecule has 1 aromatic heterocycles. The zero-order chi connectivity index (χ0) is 15.7. The van der Waals surface area contributed by atoms with Gasteiger partial charge in [-0.05, 0) is 50.4 Å². The molecule has 22 heavy (non-hydrogen) atoms. The summed E-state index contributed by atoms with van der Waals surface area (Å²) in [6.07, 6.45) is 4.17. The molecule has 0 atom stereocenters. The van der Waals surface area contributed by atoms with Crippen LogP contribution in [0.5, 0.6) is 5.75 Å². The lowest BCUT2D eigenvalue weighted by Crippen LogP contribution is -2.32. The van der Waals surface area contributed by atoms with E-state index >= 15 is 0 Å². The molecule has 4 nitrogen and oxygen atoms in total. The van der Waals surface area contributed by atoms with Crippen molar-refractivity contribution in [3.05, 3.63) is 39.7 Å². The fourth-order valence-electron chi connectivity index (χ4n) is 3.35. The van der Waals surface area contributed by atoms with Gasteiger partial charge in [0.05, 0.1) is 18.0 Å². The van der Waals surface area contributed by atoms with Crippen LogP contribution >= 0.6 is 0 Å². The Morgan fingerprint density at radius 2 is 2.09 bits per heavy atom. The van der Waals surface area contributed by atoms with Gasteiger partial charge in [-0.25, -0.2) is 0 Å². The van der Waals surface area contributed by atoms with Gasteiger partial charge in [-0.15, -0.1) is 0 Å². The molecule has 2 aromatic rings. The largest absolute Gasteiger partial charge is 0.496 e. The molecule has 0 amide bonds. The minimum atomic E-state index is 0.0659. The molecular formula is C18H24N2O2. The van der Waals surface area contributed by atoms with E-state index in [1.165, 1.54) is 12.8 Å². The Bertz CT molecular complexity index is 728. The molecule has 1 fully saturated rings. The Labute approximate surface area is 131 Å². The van der Waals surface area contributed by atoms with Crippen LogP contribution in [0.4, 0.5) is 0 Å². The first-order valence-electron chi connectivity index (χ1n) is 8.00. The lowest BCUT2D eigenvalue weighted by molar-refractivity contribution is 0.184. The number of H-pyrrole nitrogens is 1. The van der Waals surface area contributed by atoms with Crippen molar-refractivity contribution < 1.29 is 4.74 Å². The molecule has 1 saturated heterocycles. The highest BCUT2D eigenvalue weighted by atomic mass is 16.5. The molecule has 0 spiro atoms. The summed E-state index contributed by atoms with van der Waals surface area (Å²) in [6.45, 7) is 7.27. The standard InChI is InChI=1S/C18H24N2O2/c1-12-5-8-20(9-6-12)11-14-16(22-3)10-13(2)18-17(14)15(21)4-7-19-18/h4,7,10,12H,5-6,8-9,11H2,1-3H3,(H,19,21). The van der Waals surface area contributed by atoms with E-state index in [2.05, 4.69) is 16.8 Å². The van der Waals surface area contributed by atoms with E-state index in [1.807, 2.05) is 13.0 Å². The van der Waals surface area contributed by atoms with Gasteiger partial charge >= 0.3 is 0 Å². The van der Waals surface area contributed by atoms with E-state index in [4.69, 9.17) is 4.74 Å². The van der Waals surface area contributed by atoms with Gasteiger partial charge in [-0.1, -0.05) is 6.92 Å². The van der Waals surface area contributed by atoms with E-state index in [0.717, 1.165) is 53.3 Å².